The molecule has 0 spiro atoms. The van der Waals surface area contributed by atoms with Crippen LogP contribution in [0.1, 0.15) is 18.2 Å². The molecule has 2 rings (SSSR count). The van der Waals surface area contributed by atoms with E-state index in [2.05, 4.69) is 23.1 Å². The van der Waals surface area contributed by atoms with Gasteiger partial charge in [-0.1, -0.05) is 0 Å². The zero-order valence-corrected chi connectivity index (χ0v) is 8.85. The summed E-state index contributed by atoms with van der Waals surface area (Å²) in [5.41, 5.74) is 6.92. The Kier molecular flexibility index (Phi) is 2.56. The molecule has 0 amide bonds. The molecule has 1 fully saturated rings. The molecule has 0 aromatic carbocycles. The monoisotopic (exact) mass is 194 g/mol. The van der Waals surface area contributed by atoms with Crippen LogP contribution in [0.5, 0.6) is 0 Å². The molecule has 2 atom stereocenters. The van der Waals surface area contributed by atoms with Gasteiger partial charge < -0.3 is 5.73 Å². The molecule has 1 aliphatic rings. The quantitative estimate of drug-likeness (QED) is 0.740. The van der Waals surface area contributed by atoms with Crippen molar-refractivity contribution in [3.8, 4) is 0 Å². The Bertz CT molecular complexity index is 307. The van der Waals surface area contributed by atoms with Gasteiger partial charge in [-0.2, -0.15) is 5.10 Å². The predicted octanol–water partition coefficient (Wildman–Crippen LogP) is 0.372. The van der Waals surface area contributed by atoms with Gasteiger partial charge in [-0.25, -0.2) is 0 Å². The second-order valence-corrected chi connectivity index (χ2v) is 4.12. The number of nitrogens with zero attached hydrogens (tertiary/aromatic N) is 3. The Morgan fingerprint density at radius 2 is 2.36 bits per heavy atom. The highest BCUT2D eigenvalue weighted by Gasteiger charge is 2.33. The van der Waals surface area contributed by atoms with Crippen molar-refractivity contribution in [2.24, 2.45) is 18.7 Å². The molecule has 1 aromatic rings. The second-order valence-electron chi connectivity index (χ2n) is 4.12. The molecule has 4 heteroatoms. The van der Waals surface area contributed by atoms with Crippen molar-refractivity contribution in [2.75, 3.05) is 20.1 Å². The van der Waals surface area contributed by atoms with Gasteiger partial charge in [-0.05, 0) is 38.5 Å². The lowest BCUT2D eigenvalue weighted by molar-refractivity contribution is 0.272. The van der Waals surface area contributed by atoms with Crippen LogP contribution in [0.15, 0.2) is 12.3 Å². The van der Waals surface area contributed by atoms with Crippen molar-refractivity contribution in [2.45, 2.75) is 12.5 Å². The minimum atomic E-state index is 0.418. The number of likely N-dealkylation sites (tertiary alicyclic amines) is 1. The third-order valence-electron chi connectivity index (χ3n) is 3.11. The number of nitrogens with two attached hydrogens (primary N) is 1. The summed E-state index contributed by atoms with van der Waals surface area (Å²) < 4.78 is 1.86. The fourth-order valence-corrected chi connectivity index (χ4v) is 2.33. The Balaban J connectivity index is 2.22. The van der Waals surface area contributed by atoms with E-state index in [1.54, 1.807) is 0 Å². The maximum absolute atomic E-state index is 5.77. The zero-order valence-electron chi connectivity index (χ0n) is 8.85. The van der Waals surface area contributed by atoms with Gasteiger partial charge in [-0.3, -0.25) is 9.58 Å². The zero-order chi connectivity index (χ0) is 10.1. The van der Waals surface area contributed by atoms with Crippen LogP contribution in [0.2, 0.25) is 0 Å². The summed E-state index contributed by atoms with van der Waals surface area (Å²) in [5, 5.41) is 4.46. The number of hydrogen-bond donors (Lipinski definition) is 1. The first kappa shape index (κ1) is 9.68. The first-order valence-electron chi connectivity index (χ1n) is 5.12. The van der Waals surface area contributed by atoms with Gasteiger partial charge in [0.1, 0.15) is 0 Å². The SMILES string of the molecule is CN1CCC(CN)C1c1ccn(C)n1. The fraction of sp³-hybridized carbons (Fsp3) is 0.700. The van der Waals surface area contributed by atoms with Crippen LogP contribution in [0, 0.1) is 5.92 Å². The molecule has 4 nitrogen and oxygen atoms in total. The smallest absolute Gasteiger partial charge is 0.0799 e. The molecule has 2 N–H and O–H groups in total. The summed E-state index contributed by atoms with van der Waals surface area (Å²) in [6.45, 7) is 1.88. The summed E-state index contributed by atoms with van der Waals surface area (Å²) in [4.78, 5) is 2.35. The van der Waals surface area contributed by atoms with Gasteiger partial charge in [0.25, 0.3) is 0 Å². The minimum Gasteiger partial charge on any atom is -0.330 e. The van der Waals surface area contributed by atoms with Gasteiger partial charge in [0.05, 0.1) is 11.7 Å². The van der Waals surface area contributed by atoms with Crippen molar-refractivity contribution in [1.82, 2.24) is 14.7 Å². The molecular formula is C10H18N4. The van der Waals surface area contributed by atoms with Gasteiger partial charge in [-0.15, -0.1) is 0 Å². The van der Waals surface area contributed by atoms with E-state index in [-0.39, 0.29) is 0 Å². The summed E-state index contributed by atoms with van der Waals surface area (Å²) >= 11 is 0. The molecular weight excluding hydrogens is 176 g/mol. The van der Waals surface area contributed by atoms with Gasteiger partial charge in [0.15, 0.2) is 0 Å². The molecule has 14 heavy (non-hydrogen) atoms. The van der Waals surface area contributed by atoms with E-state index in [1.165, 1.54) is 6.42 Å². The van der Waals surface area contributed by atoms with E-state index < -0.39 is 0 Å². The lowest BCUT2D eigenvalue weighted by atomic mass is 9.98. The summed E-state index contributed by atoms with van der Waals surface area (Å²) in [5.74, 6) is 0.565. The van der Waals surface area contributed by atoms with Crippen LogP contribution in [0.3, 0.4) is 0 Å². The molecule has 0 radical (unpaired) electrons. The van der Waals surface area contributed by atoms with E-state index in [0.29, 0.717) is 12.0 Å². The lowest BCUT2D eigenvalue weighted by Gasteiger charge is -2.22. The van der Waals surface area contributed by atoms with Crippen molar-refractivity contribution in [1.29, 1.82) is 0 Å². The summed E-state index contributed by atoms with van der Waals surface area (Å²) in [7, 11) is 4.10. The Labute approximate surface area is 84.7 Å². The molecule has 2 heterocycles. The highest BCUT2D eigenvalue weighted by atomic mass is 15.3. The molecule has 1 saturated heterocycles. The van der Waals surface area contributed by atoms with E-state index in [4.69, 9.17) is 5.73 Å². The van der Waals surface area contributed by atoms with E-state index >= 15 is 0 Å². The van der Waals surface area contributed by atoms with Crippen LogP contribution in [0.25, 0.3) is 0 Å². The Hall–Kier alpha value is -0.870. The van der Waals surface area contributed by atoms with Crippen molar-refractivity contribution < 1.29 is 0 Å². The average Bonchev–Trinajstić information content (AvgIpc) is 2.71. The standard InChI is InChI=1S/C10H18N4/c1-13-5-3-8(7-11)10(13)9-4-6-14(2)12-9/h4,6,8,10H,3,5,7,11H2,1-2H3. The van der Waals surface area contributed by atoms with Gasteiger partial charge in [0.2, 0.25) is 0 Å². The lowest BCUT2D eigenvalue weighted by Crippen LogP contribution is -2.25. The van der Waals surface area contributed by atoms with Crippen LogP contribution < -0.4 is 5.73 Å². The third-order valence-corrected chi connectivity index (χ3v) is 3.11. The maximum Gasteiger partial charge on any atom is 0.0799 e. The molecule has 0 saturated carbocycles. The number of aryl methyl sites for hydroxylation is 1. The summed E-state index contributed by atoms with van der Waals surface area (Å²) in [6.07, 6.45) is 3.18. The topological polar surface area (TPSA) is 47.1 Å². The van der Waals surface area contributed by atoms with E-state index in [1.807, 2.05) is 17.9 Å². The predicted molar refractivity (Wildman–Crippen MR) is 55.7 cm³/mol. The minimum absolute atomic E-state index is 0.418. The maximum atomic E-state index is 5.77. The van der Waals surface area contributed by atoms with E-state index in [9.17, 15) is 0 Å². The van der Waals surface area contributed by atoms with E-state index in [0.717, 1.165) is 18.8 Å². The first-order chi connectivity index (χ1) is 6.72. The van der Waals surface area contributed by atoms with Crippen LogP contribution in [0.4, 0.5) is 0 Å². The first-order valence-corrected chi connectivity index (χ1v) is 5.12. The van der Waals surface area contributed by atoms with Crippen molar-refractivity contribution >= 4 is 0 Å². The molecule has 1 aromatic heterocycles. The largest absolute Gasteiger partial charge is 0.330 e. The molecule has 78 valence electrons. The fourth-order valence-electron chi connectivity index (χ4n) is 2.33. The van der Waals surface area contributed by atoms with Crippen molar-refractivity contribution in [3.05, 3.63) is 18.0 Å². The Morgan fingerprint density at radius 3 is 2.93 bits per heavy atom. The van der Waals surface area contributed by atoms with Gasteiger partial charge >= 0.3 is 0 Å². The molecule has 0 bridgehead atoms. The van der Waals surface area contributed by atoms with Crippen molar-refractivity contribution in [3.63, 3.8) is 0 Å². The number of aromatic nitrogens is 2. The average molecular weight is 194 g/mol. The second kappa shape index (κ2) is 3.71. The molecule has 1 aliphatic heterocycles. The van der Waals surface area contributed by atoms with Crippen LogP contribution in [-0.4, -0.2) is 34.8 Å². The summed E-state index contributed by atoms with van der Waals surface area (Å²) in [6, 6.07) is 2.51. The number of rotatable bonds is 2. The molecule has 2 unspecified atom stereocenters. The Morgan fingerprint density at radius 1 is 1.57 bits per heavy atom. The van der Waals surface area contributed by atoms with Crippen LogP contribution in [-0.2, 0) is 7.05 Å². The van der Waals surface area contributed by atoms with Crippen LogP contribution >= 0.6 is 0 Å². The van der Waals surface area contributed by atoms with Gasteiger partial charge in [0, 0.05) is 13.2 Å². The normalized spacial score (nSPS) is 28.5. The molecule has 0 aliphatic carbocycles. The highest BCUT2D eigenvalue weighted by molar-refractivity contribution is 5.09. The number of hydrogen-bond acceptors (Lipinski definition) is 3. The highest BCUT2D eigenvalue weighted by Crippen LogP contribution is 2.34. The third kappa shape index (κ3) is 1.55.